The molecular formula is C22H27F2NO5. The Bertz CT molecular complexity index is 819. The van der Waals surface area contributed by atoms with Crippen molar-refractivity contribution in [2.24, 2.45) is 0 Å². The number of hydrogen-bond acceptors (Lipinski definition) is 5. The molecule has 0 spiro atoms. The second kappa shape index (κ2) is 11.2. The molecule has 2 aromatic carbocycles. The smallest absolute Gasteiger partial charge is 0.387 e. The molecule has 0 aromatic heterocycles. The van der Waals surface area contributed by atoms with Crippen LogP contribution in [0.5, 0.6) is 23.0 Å². The Morgan fingerprint density at radius 1 is 1.00 bits per heavy atom. The van der Waals surface area contributed by atoms with Crippen LogP contribution in [0.3, 0.4) is 0 Å². The molecule has 0 radical (unpaired) electrons. The lowest BCUT2D eigenvalue weighted by Crippen LogP contribution is -2.28. The molecule has 0 aliphatic rings. The first kappa shape index (κ1) is 23.3. The van der Waals surface area contributed by atoms with Crippen LogP contribution in [0.15, 0.2) is 36.4 Å². The van der Waals surface area contributed by atoms with Crippen LogP contribution in [0.4, 0.5) is 8.78 Å². The van der Waals surface area contributed by atoms with Gasteiger partial charge in [0.2, 0.25) is 11.7 Å². The number of halogens is 2. The molecule has 1 unspecified atom stereocenters. The highest BCUT2D eigenvalue weighted by atomic mass is 19.3. The van der Waals surface area contributed by atoms with Gasteiger partial charge in [-0.1, -0.05) is 25.1 Å². The van der Waals surface area contributed by atoms with E-state index in [2.05, 4.69) is 10.1 Å². The lowest BCUT2D eigenvalue weighted by Gasteiger charge is -2.20. The second-order valence-corrected chi connectivity index (χ2v) is 6.48. The van der Waals surface area contributed by atoms with Crippen molar-refractivity contribution in [1.29, 1.82) is 0 Å². The fourth-order valence-electron chi connectivity index (χ4n) is 3.18. The van der Waals surface area contributed by atoms with E-state index in [-0.39, 0.29) is 18.1 Å². The van der Waals surface area contributed by atoms with Gasteiger partial charge < -0.3 is 24.3 Å². The summed E-state index contributed by atoms with van der Waals surface area (Å²) in [6.45, 7) is -1.07. The van der Waals surface area contributed by atoms with Gasteiger partial charge >= 0.3 is 6.61 Å². The summed E-state index contributed by atoms with van der Waals surface area (Å²) in [7, 11) is 4.57. The van der Waals surface area contributed by atoms with E-state index in [9.17, 15) is 13.6 Å². The van der Waals surface area contributed by atoms with Gasteiger partial charge in [-0.15, -0.1) is 0 Å². The number of ether oxygens (including phenoxy) is 4. The number of rotatable bonds is 11. The summed E-state index contributed by atoms with van der Waals surface area (Å²) in [6, 6.07) is 9.61. The van der Waals surface area contributed by atoms with Gasteiger partial charge in [-0.2, -0.15) is 8.78 Å². The zero-order valence-electron chi connectivity index (χ0n) is 17.5. The average molecular weight is 423 g/mol. The van der Waals surface area contributed by atoms with E-state index in [4.69, 9.17) is 14.2 Å². The van der Waals surface area contributed by atoms with E-state index >= 15 is 0 Å². The minimum absolute atomic E-state index is 0.0595. The maximum atomic E-state index is 12.7. The molecule has 2 rings (SSSR count). The molecule has 2 aromatic rings. The highest BCUT2D eigenvalue weighted by Gasteiger charge is 2.19. The van der Waals surface area contributed by atoms with Gasteiger partial charge in [0, 0.05) is 12.0 Å². The number of nitrogens with one attached hydrogen (secondary N) is 1. The minimum Gasteiger partial charge on any atom is -0.493 e. The van der Waals surface area contributed by atoms with E-state index in [1.54, 1.807) is 30.3 Å². The van der Waals surface area contributed by atoms with Crippen molar-refractivity contribution >= 4 is 5.91 Å². The van der Waals surface area contributed by atoms with Crippen LogP contribution in [0.2, 0.25) is 0 Å². The summed E-state index contributed by atoms with van der Waals surface area (Å²) in [6.07, 6.45) is 1.17. The third-order valence-corrected chi connectivity index (χ3v) is 4.62. The number of aryl methyl sites for hydroxylation is 1. The average Bonchev–Trinajstić information content (AvgIpc) is 2.75. The van der Waals surface area contributed by atoms with Crippen molar-refractivity contribution in [2.45, 2.75) is 38.8 Å². The van der Waals surface area contributed by atoms with Gasteiger partial charge in [0.15, 0.2) is 11.5 Å². The molecule has 1 amide bonds. The minimum atomic E-state index is -2.93. The maximum Gasteiger partial charge on any atom is 0.387 e. The van der Waals surface area contributed by atoms with E-state index in [1.807, 2.05) is 6.92 Å². The molecule has 0 heterocycles. The molecule has 0 aliphatic carbocycles. The van der Waals surface area contributed by atoms with Gasteiger partial charge in [0.05, 0.1) is 27.4 Å². The zero-order chi connectivity index (χ0) is 22.1. The van der Waals surface area contributed by atoms with Crippen LogP contribution >= 0.6 is 0 Å². The van der Waals surface area contributed by atoms with Crippen LogP contribution < -0.4 is 24.3 Å². The Morgan fingerprint density at radius 2 is 1.63 bits per heavy atom. The highest BCUT2D eigenvalue weighted by Crippen LogP contribution is 2.38. The molecule has 0 aliphatic heterocycles. The third-order valence-electron chi connectivity index (χ3n) is 4.62. The van der Waals surface area contributed by atoms with Crippen molar-refractivity contribution in [3.05, 3.63) is 47.5 Å². The number of methoxy groups -OCH3 is 3. The first-order valence-electron chi connectivity index (χ1n) is 9.55. The standard InChI is InChI=1S/C22H27F2NO5/c1-5-16(15-8-6-7-9-17(15)30-22(23)24)25-20(26)11-10-14-12-18(27-2)21(29-4)19(13-14)28-3/h6-9,12-13,16,22H,5,10-11H2,1-4H3,(H,25,26). The highest BCUT2D eigenvalue weighted by molar-refractivity contribution is 5.77. The normalized spacial score (nSPS) is 11.7. The number of carbonyl (C=O) groups excluding carboxylic acids is 1. The molecular weight excluding hydrogens is 396 g/mol. The predicted molar refractivity (Wildman–Crippen MR) is 109 cm³/mol. The molecule has 0 saturated carbocycles. The predicted octanol–water partition coefficient (Wildman–Crippen LogP) is 4.51. The number of amides is 1. The topological polar surface area (TPSA) is 66.0 Å². The van der Waals surface area contributed by atoms with Gasteiger partial charge in [-0.05, 0) is 36.6 Å². The van der Waals surface area contributed by atoms with Crippen molar-refractivity contribution < 1.29 is 32.5 Å². The summed E-state index contributed by atoms with van der Waals surface area (Å²) in [5.41, 5.74) is 1.36. The van der Waals surface area contributed by atoms with Gasteiger partial charge in [-0.3, -0.25) is 4.79 Å². The summed E-state index contributed by atoms with van der Waals surface area (Å²) >= 11 is 0. The van der Waals surface area contributed by atoms with Crippen molar-refractivity contribution in [2.75, 3.05) is 21.3 Å². The van der Waals surface area contributed by atoms with Crippen molar-refractivity contribution in [3.63, 3.8) is 0 Å². The van der Waals surface area contributed by atoms with Crippen molar-refractivity contribution in [3.8, 4) is 23.0 Å². The summed E-state index contributed by atoms with van der Waals surface area (Å²) in [4.78, 5) is 12.5. The molecule has 0 saturated heterocycles. The fourth-order valence-corrected chi connectivity index (χ4v) is 3.18. The van der Waals surface area contributed by atoms with Crippen LogP contribution in [-0.4, -0.2) is 33.8 Å². The third kappa shape index (κ3) is 5.98. The lowest BCUT2D eigenvalue weighted by atomic mass is 10.0. The molecule has 6 nitrogen and oxygen atoms in total. The number of benzene rings is 2. The van der Waals surface area contributed by atoms with Crippen LogP contribution in [0.25, 0.3) is 0 Å². The van der Waals surface area contributed by atoms with E-state index in [0.29, 0.717) is 35.7 Å². The number of hydrogen-bond donors (Lipinski definition) is 1. The Labute approximate surface area is 175 Å². The van der Waals surface area contributed by atoms with Gasteiger partial charge in [-0.25, -0.2) is 0 Å². The van der Waals surface area contributed by atoms with Crippen LogP contribution in [0, 0.1) is 0 Å². The Kier molecular flexibility index (Phi) is 8.70. The summed E-state index contributed by atoms with van der Waals surface area (Å²) < 4.78 is 45.9. The van der Waals surface area contributed by atoms with Gasteiger partial charge in [0.25, 0.3) is 0 Å². The van der Waals surface area contributed by atoms with Crippen LogP contribution in [-0.2, 0) is 11.2 Å². The van der Waals surface area contributed by atoms with Gasteiger partial charge in [0.1, 0.15) is 5.75 Å². The first-order valence-corrected chi connectivity index (χ1v) is 9.55. The molecule has 164 valence electrons. The molecule has 1 atom stereocenters. The Balaban J connectivity index is 2.08. The van der Waals surface area contributed by atoms with E-state index < -0.39 is 12.7 Å². The Morgan fingerprint density at radius 3 is 2.17 bits per heavy atom. The number of carbonyl (C=O) groups is 1. The Hall–Kier alpha value is -3.03. The summed E-state index contributed by atoms with van der Waals surface area (Å²) in [5.74, 6) is 1.36. The fraction of sp³-hybridized carbons (Fsp3) is 0.409. The molecule has 30 heavy (non-hydrogen) atoms. The van der Waals surface area contributed by atoms with E-state index in [1.165, 1.54) is 27.4 Å². The molecule has 1 N–H and O–H groups in total. The first-order chi connectivity index (χ1) is 14.4. The SMILES string of the molecule is CCC(NC(=O)CCc1cc(OC)c(OC)c(OC)c1)c1ccccc1OC(F)F. The largest absolute Gasteiger partial charge is 0.493 e. The molecule has 0 bridgehead atoms. The van der Waals surface area contributed by atoms with Crippen molar-refractivity contribution in [1.82, 2.24) is 5.32 Å². The number of para-hydroxylation sites is 1. The maximum absolute atomic E-state index is 12.7. The molecule has 0 fully saturated rings. The van der Waals surface area contributed by atoms with E-state index in [0.717, 1.165) is 5.56 Å². The lowest BCUT2D eigenvalue weighted by molar-refractivity contribution is -0.121. The quantitative estimate of drug-likeness (QED) is 0.576. The van der Waals surface area contributed by atoms with Crippen LogP contribution in [0.1, 0.15) is 36.9 Å². The second-order valence-electron chi connectivity index (χ2n) is 6.48. The zero-order valence-corrected chi connectivity index (χ0v) is 17.5. The summed E-state index contributed by atoms with van der Waals surface area (Å²) in [5, 5.41) is 2.90. The molecule has 8 heteroatoms. The monoisotopic (exact) mass is 423 g/mol. The number of alkyl halides is 2.